The van der Waals surface area contributed by atoms with Crippen LogP contribution in [0.15, 0.2) is 107 Å². The summed E-state index contributed by atoms with van der Waals surface area (Å²) >= 11 is 0. The zero-order valence-corrected chi connectivity index (χ0v) is 19.1. The first kappa shape index (κ1) is 22.1. The van der Waals surface area contributed by atoms with Gasteiger partial charge in [0.15, 0.2) is 11.5 Å². The monoisotopic (exact) mass is 461 g/mol. The second kappa shape index (κ2) is 9.65. The van der Waals surface area contributed by atoms with Crippen LogP contribution in [0.2, 0.25) is 0 Å². The minimum atomic E-state index is -0.113. The Kier molecular flexibility index (Phi) is 6.09. The third kappa shape index (κ3) is 4.68. The van der Waals surface area contributed by atoms with E-state index in [0.29, 0.717) is 23.7 Å². The molecule has 1 amide bonds. The summed E-state index contributed by atoms with van der Waals surface area (Å²) in [4.78, 5) is 24.3. The van der Waals surface area contributed by atoms with Crippen molar-refractivity contribution >= 4 is 34.9 Å². The predicted molar refractivity (Wildman–Crippen MR) is 139 cm³/mol. The molecule has 1 heterocycles. The molecular weight excluding hydrogens is 438 g/mol. The van der Waals surface area contributed by atoms with Crippen molar-refractivity contribution in [3.63, 3.8) is 0 Å². The van der Waals surface area contributed by atoms with E-state index in [1.807, 2.05) is 78.9 Å². The minimum absolute atomic E-state index is 0.0819. The molecule has 0 unspecified atom stereocenters. The SMILES string of the molecule is COc1cc(C=Nc2ccc(N=C3C(=O)N(Cc4ccccc4)c4ccccc43)cc2)ccc1O. The van der Waals surface area contributed by atoms with Gasteiger partial charge in [0.05, 0.1) is 30.7 Å². The number of carbonyl (C=O) groups is 1. The number of benzene rings is 4. The van der Waals surface area contributed by atoms with Crippen LogP contribution in [-0.2, 0) is 11.3 Å². The number of fused-ring (bicyclic) bond motifs is 1. The number of hydrogen-bond acceptors (Lipinski definition) is 5. The van der Waals surface area contributed by atoms with Crippen molar-refractivity contribution in [1.29, 1.82) is 0 Å². The number of aromatic hydroxyl groups is 1. The lowest BCUT2D eigenvalue weighted by Gasteiger charge is -2.16. The molecule has 4 aromatic carbocycles. The Hall–Kier alpha value is -4.71. The van der Waals surface area contributed by atoms with E-state index in [-0.39, 0.29) is 11.7 Å². The zero-order valence-electron chi connectivity index (χ0n) is 19.1. The fourth-order valence-electron chi connectivity index (χ4n) is 3.96. The minimum Gasteiger partial charge on any atom is -0.504 e. The van der Waals surface area contributed by atoms with Crippen LogP contribution in [0.25, 0.3) is 0 Å². The maximum absolute atomic E-state index is 13.3. The summed E-state index contributed by atoms with van der Waals surface area (Å²) in [5.74, 6) is 0.361. The second-order valence-electron chi connectivity index (χ2n) is 8.06. The highest BCUT2D eigenvalue weighted by Crippen LogP contribution is 2.32. The number of anilines is 1. The summed E-state index contributed by atoms with van der Waals surface area (Å²) in [5.41, 5.74) is 5.41. The maximum atomic E-state index is 13.3. The van der Waals surface area contributed by atoms with Crippen LogP contribution in [0.4, 0.5) is 17.1 Å². The first-order valence-corrected chi connectivity index (χ1v) is 11.2. The van der Waals surface area contributed by atoms with E-state index in [0.717, 1.165) is 28.1 Å². The third-order valence-electron chi connectivity index (χ3n) is 5.74. The molecule has 0 spiro atoms. The van der Waals surface area contributed by atoms with Crippen LogP contribution in [0.3, 0.4) is 0 Å². The van der Waals surface area contributed by atoms with Crippen LogP contribution in [0.1, 0.15) is 16.7 Å². The standard InChI is InChI=1S/C29H23N3O3/c1-35-27-17-21(11-16-26(27)33)18-30-22-12-14-23(15-13-22)31-28-24-9-5-6-10-25(24)32(29(28)34)19-20-7-3-2-4-8-20/h2-18,33H,19H2,1H3. The van der Waals surface area contributed by atoms with E-state index >= 15 is 0 Å². The number of ether oxygens (including phenoxy) is 1. The molecule has 0 fully saturated rings. The van der Waals surface area contributed by atoms with E-state index in [4.69, 9.17) is 9.73 Å². The molecule has 0 atom stereocenters. The first-order valence-electron chi connectivity index (χ1n) is 11.2. The third-order valence-corrected chi connectivity index (χ3v) is 5.74. The molecule has 0 saturated carbocycles. The van der Waals surface area contributed by atoms with E-state index in [9.17, 15) is 9.90 Å². The fraction of sp³-hybridized carbons (Fsp3) is 0.0690. The molecular formula is C29H23N3O3. The first-order chi connectivity index (χ1) is 17.1. The molecule has 35 heavy (non-hydrogen) atoms. The highest BCUT2D eigenvalue weighted by molar-refractivity contribution is 6.54. The van der Waals surface area contributed by atoms with E-state index in [1.54, 1.807) is 29.3 Å². The van der Waals surface area contributed by atoms with Crippen molar-refractivity contribution in [2.24, 2.45) is 9.98 Å². The van der Waals surface area contributed by atoms with Crippen LogP contribution in [0, 0.1) is 0 Å². The summed E-state index contributed by atoms with van der Waals surface area (Å²) in [5, 5.41) is 9.73. The molecule has 6 nitrogen and oxygen atoms in total. The van der Waals surface area contributed by atoms with Gasteiger partial charge in [-0.15, -0.1) is 0 Å². The van der Waals surface area contributed by atoms with Crippen molar-refractivity contribution < 1.29 is 14.6 Å². The maximum Gasteiger partial charge on any atom is 0.277 e. The lowest BCUT2D eigenvalue weighted by atomic mass is 10.1. The summed E-state index contributed by atoms with van der Waals surface area (Å²) in [6, 6.07) is 30.1. The van der Waals surface area contributed by atoms with Gasteiger partial charge in [-0.25, -0.2) is 4.99 Å². The molecule has 4 aromatic rings. The summed E-state index contributed by atoms with van der Waals surface area (Å²) in [7, 11) is 1.50. The van der Waals surface area contributed by atoms with Gasteiger partial charge in [-0.2, -0.15) is 0 Å². The van der Waals surface area contributed by atoms with Crippen molar-refractivity contribution in [2.75, 3.05) is 12.0 Å². The van der Waals surface area contributed by atoms with E-state index in [1.165, 1.54) is 7.11 Å². The van der Waals surface area contributed by atoms with Gasteiger partial charge >= 0.3 is 0 Å². The van der Waals surface area contributed by atoms with Gasteiger partial charge in [-0.1, -0.05) is 48.5 Å². The van der Waals surface area contributed by atoms with E-state index < -0.39 is 0 Å². The smallest absolute Gasteiger partial charge is 0.277 e. The number of methoxy groups -OCH3 is 1. The number of phenolic OH excluding ortho intramolecular Hbond substituents is 1. The highest BCUT2D eigenvalue weighted by Gasteiger charge is 2.33. The van der Waals surface area contributed by atoms with Crippen molar-refractivity contribution in [1.82, 2.24) is 0 Å². The fourth-order valence-corrected chi connectivity index (χ4v) is 3.96. The molecule has 0 bridgehead atoms. The molecule has 0 radical (unpaired) electrons. The molecule has 5 rings (SSSR count). The second-order valence-corrected chi connectivity index (χ2v) is 8.06. The zero-order chi connectivity index (χ0) is 24.2. The molecule has 0 aromatic heterocycles. The van der Waals surface area contributed by atoms with Gasteiger partial charge in [-0.3, -0.25) is 9.79 Å². The largest absolute Gasteiger partial charge is 0.504 e. The van der Waals surface area contributed by atoms with Crippen LogP contribution in [-0.4, -0.2) is 30.0 Å². The molecule has 1 aliphatic rings. The Morgan fingerprint density at radius 1 is 0.886 bits per heavy atom. The van der Waals surface area contributed by atoms with Gasteiger partial charge in [-0.05, 0) is 59.7 Å². The number of hydrogen-bond donors (Lipinski definition) is 1. The van der Waals surface area contributed by atoms with Crippen molar-refractivity contribution in [2.45, 2.75) is 6.54 Å². The van der Waals surface area contributed by atoms with Gasteiger partial charge in [0, 0.05) is 11.8 Å². The number of para-hydroxylation sites is 1. The van der Waals surface area contributed by atoms with Gasteiger partial charge < -0.3 is 14.7 Å². The van der Waals surface area contributed by atoms with E-state index in [2.05, 4.69) is 4.99 Å². The number of phenols is 1. The summed E-state index contributed by atoms with van der Waals surface area (Å²) in [6.45, 7) is 0.491. The predicted octanol–water partition coefficient (Wildman–Crippen LogP) is 5.82. The Morgan fingerprint density at radius 2 is 1.60 bits per heavy atom. The molecule has 6 heteroatoms. The number of aliphatic imine (C=N–C) groups is 2. The normalized spacial score (nSPS) is 14.0. The lowest BCUT2D eigenvalue weighted by molar-refractivity contribution is -0.112. The average Bonchev–Trinajstić information content (AvgIpc) is 3.15. The Morgan fingerprint density at radius 3 is 2.37 bits per heavy atom. The number of rotatable bonds is 6. The van der Waals surface area contributed by atoms with Crippen molar-refractivity contribution in [3.8, 4) is 11.5 Å². The Labute approximate surface area is 203 Å². The molecule has 1 aliphatic heterocycles. The van der Waals surface area contributed by atoms with Crippen LogP contribution in [0.5, 0.6) is 11.5 Å². The number of amides is 1. The Bertz CT molecular complexity index is 1430. The molecule has 172 valence electrons. The summed E-state index contributed by atoms with van der Waals surface area (Å²) in [6.07, 6.45) is 1.70. The highest BCUT2D eigenvalue weighted by atomic mass is 16.5. The quantitative estimate of drug-likeness (QED) is 0.368. The van der Waals surface area contributed by atoms with Crippen molar-refractivity contribution in [3.05, 3.63) is 114 Å². The molecule has 1 N–H and O–H groups in total. The Balaban J connectivity index is 1.38. The molecule has 0 saturated heterocycles. The topological polar surface area (TPSA) is 74.5 Å². The number of carbonyl (C=O) groups excluding carboxylic acids is 1. The van der Waals surface area contributed by atoms with Crippen LogP contribution < -0.4 is 9.64 Å². The average molecular weight is 462 g/mol. The lowest BCUT2D eigenvalue weighted by Crippen LogP contribution is -2.29. The number of nitrogens with zero attached hydrogens (tertiary/aromatic N) is 3. The van der Waals surface area contributed by atoms with Crippen LogP contribution >= 0.6 is 0 Å². The van der Waals surface area contributed by atoms with Gasteiger partial charge in [0.1, 0.15) is 5.71 Å². The van der Waals surface area contributed by atoms with Gasteiger partial charge in [0.2, 0.25) is 0 Å². The summed E-state index contributed by atoms with van der Waals surface area (Å²) < 4.78 is 5.13. The molecule has 0 aliphatic carbocycles. The van der Waals surface area contributed by atoms with Gasteiger partial charge in [0.25, 0.3) is 5.91 Å².